The predicted molar refractivity (Wildman–Crippen MR) is 80.7 cm³/mol. The smallest absolute Gasteiger partial charge is 0.169 e. The zero-order valence-electron chi connectivity index (χ0n) is 12.3. The first-order valence-electron chi connectivity index (χ1n) is 6.83. The lowest BCUT2D eigenvalue weighted by Crippen LogP contribution is -2.42. The Labute approximate surface area is 124 Å². The molecule has 2 N–H and O–H groups in total. The van der Waals surface area contributed by atoms with Gasteiger partial charge in [0.05, 0.1) is 19.3 Å². The average molecular weight is 289 g/mol. The average Bonchev–Trinajstić information content (AvgIpc) is 2.54. The third kappa shape index (κ3) is 3.40. The van der Waals surface area contributed by atoms with E-state index in [1.54, 1.807) is 18.2 Å². The van der Waals surface area contributed by atoms with Crippen LogP contribution in [0.4, 0.5) is 4.39 Å². The van der Waals surface area contributed by atoms with E-state index in [1.165, 1.54) is 7.11 Å². The standard InChI is InChI=1S/C17H20FNO2/c1-17(12-20,14-8-4-3-5-9-14)19-11-13-7-6-10-15(21-2)16(13)18/h3-10,19-20H,11-12H2,1-2H3. The zero-order valence-corrected chi connectivity index (χ0v) is 12.3. The van der Waals surface area contributed by atoms with Crippen molar-refractivity contribution in [3.05, 3.63) is 65.5 Å². The molecule has 0 saturated heterocycles. The van der Waals surface area contributed by atoms with Gasteiger partial charge in [0.15, 0.2) is 11.6 Å². The Morgan fingerprint density at radius 3 is 2.48 bits per heavy atom. The van der Waals surface area contributed by atoms with Crippen molar-refractivity contribution in [3.63, 3.8) is 0 Å². The second-order valence-electron chi connectivity index (χ2n) is 5.14. The van der Waals surface area contributed by atoms with E-state index in [0.717, 1.165) is 5.56 Å². The van der Waals surface area contributed by atoms with Crippen LogP contribution in [0.2, 0.25) is 0 Å². The third-order valence-electron chi connectivity index (χ3n) is 3.66. The summed E-state index contributed by atoms with van der Waals surface area (Å²) < 4.78 is 19.1. The maximum atomic E-state index is 14.1. The second kappa shape index (κ2) is 6.70. The Balaban J connectivity index is 2.18. The van der Waals surface area contributed by atoms with Crippen molar-refractivity contribution in [2.75, 3.05) is 13.7 Å². The fourth-order valence-corrected chi connectivity index (χ4v) is 2.20. The summed E-state index contributed by atoms with van der Waals surface area (Å²) in [5.41, 5.74) is 0.831. The highest BCUT2D eigenvalue weighted by atomic mass is 19.1. The van der Waals surface area contributed by atoms with E-state index >= 15 is 0 Å². The first-order valence-corrected chi connectivity index (χ1v) is 6.83. The SMILES string of the molecule is COc1cccc(CNC(C)(CO)c2ccccc2)c1F. The molecule has 0 radical (unpaired) electrons. The number of methoxy groups -OCH3 is 1. The Kier molecular flexibility index (Phi) is 4.94. The van der Waals surface area contributed by atoms with Crippen LogP contribution in [-0.4, -0.2) is 18.8 Å². The first kappa shape index (κ1) is 15.5. The molecular weight excluding hydrogens is 269 g/mol. The van der Waals surface area contributed by atoms with Crippen molar-refractivity contribution < 1.29 is 14.2 Å². The fourth-order valence-electron chi connectivity index (χ4n) is 2.20. The highest BCUT2D eigenvalue weighted by Crippen LogP contribution is 2.23. The Morgan fingerprint density at radius 1 is 1.14 bits per heavy atom. The molecule has 0 amide bonds. The number of benzene rings is 2. The first-order chi connectivity index (χ1) is 10.1. The molecule has 3 nitrogen and oxygen atoms in total. The molecule has 0 aromatic heterocycles. The molecule has 0 aliphatic heterocycles. The molecule has 21 heavy (non-hydrogen) atoms. The molecule has 2 aromatic rings. The number of aliphatic hydroxyl groups excluding tert-OH is 1. The van der Waals surface area contributed by atoms with Gasteiger partial charge in [-0.25, -0.2) is 4.39 Å². The van der Waals surface area contributed by atoms with Crippen LogP contribution >= 0.6 is 0 Å². The van der Waals surface area contributed by atoms with Crippen molar-refractivity contribution in [2.24, 2.45) is 0 Å². The predicted octanol–water partition coefficient (Wildman–Crippen LogP) is 2.83. The topological polar surface area (TPSA) is 41.5 Å². The second-order valence-corrected chi connectivity index (χ2v) is 5.14. The zero-order chi connectivity index (χ0) is 15.3. The lowest BCUT2D eigenvalue weighted by atomic mass is 9.92. The molecular formula is C17H20FNO2. The highest BCUT2D eigenvalue weighted by molar-refractivity contribution is 5.31. The summed E-state index contributed by atoms with van der Waals surface area (Å²) in [7, 11) is 1.44. The van der Waals surface area contributed by atoms with Crippen LogP contribution < -0.4 is 10.1 Å². The number of halogens is 1. The van der Waals surface area contributed by atoms with Crippen molar-refractivity contribution in [1.29, 1.82) is 0 Å². The Bertz CT molecular complexity index is 589. The van der Waals surface area contributed by atoms with E-state index in [0.29, 0.717) is 12.1 Å². The van der Waals surface area contributed by atoms with Crippen molar-refractivity contribution in [2.45, 2.75) is 19.0 Å². The number of hydrogen-bond acceptors (Lipinski definition) is 3. The molecule has 0 bridgehead atoms. The van der Waals surface area contributed by atoms with Gasteiger partial charge in [-0.05, 0) is 18.6 Å². The molecule has 4 heteroatoms. The Hall–Kier alpha value is -1.91. The minimum absolute atomic E-state index is 0.0808. The number of rotatable bonds is 6. The van der Waals surface area contributed by atoms with Gasteiger partial charge in [-0.2, -0.15) is 0 Å². The minimum Gasteiger partial charge on any atom is -0.494 e. The monoisotopic (exact) mass is 289 g/mol. The minimum atomic E-state index is -0.628. The van der Waals surface area contributed by atoms with Gasteiger partial charge in [0.1, 0.15) is 0 Å². The van der Waals surface area contributed by atoms with E-state index in [9.17, 15) is 9.50 Å². The van der Waals surface area contributed by atoms with E-state index in [1.807, 2.05) is 37.3 Å². The van der Waals surface area contributed by atoms with Gasteiger partial charge in [0.25, 0.3) is 0 Å². The van der Waals surface area contributed by atoms with Crippen LogP contribution in [0.3, 0.4) is 0 Å². The molecule has 2 rings (SSSR count). The normalized spacial score (nSPS) is 13.7. The van der Waals surface area contributed by atoms with Crippen LogP contribution in [0.5, 0.6) is 5.75 Å². The van der Waals surface area contributed by atoms with Crippen LogP contribution in [0.1, 0.15) is 18.1 Å². The van der Waals surface area contributed by atoms with Crippen LogP contribution in [0.25, 0.3) is 0 Å². The molecule has 1 atom stereocenters. The third-order valence-corrected chi connectivity index (χ3v) is 3.66. The van der Waals surface area contributed by atoms with Crippen molar-refractivity contribution in [3.8, 4) is 5.75 Å². The molecule has 0 fully saturated rings. The summed E-state index contributed by atoms with van der Waals surface area (Å²) in [5, 5.41) is 12.9. The maximum absolute atomic E-state index is 14.1. The van der Waals surface area contributed by atoms with Gasteiger partial charge in [-0.15, -0.1) is 0 Å². The number of hydrogen-bond donors (Lipinski definition) is 2. The summed E-state index contributed by atoms with van der Waals surface area (Å²) in [6.07, 6.45) is 0. The summed E-state index contributed by atoms with van der Waals surface area (Å²) in [6.45, 7) is 2.11. The molecule has 0 saturated carbocycles. The van der Waals surface area contributed by atoms with Crippen LogP contribution in [-0.2, 0) is 12.1 Å². The lowest BCUT2D eigenvalue weighted by molar-refractivity contribution is 0.173. The number of nitrogens with one attached hydrogen (secondary N) is 1. The summed E-state index contributed by atoms with van der Waals surface area (Å²) >= 11 is 0. The van der Waals surface area contributed by atoms with Gasteiger partial charge >= 0.3 is 0 Å². The van der Waals surface area contributed by atoms with E-state index in [4.69, 9.17) is 4.74 Å². The van der Waals surface area contributed by atoms with E-state index in [2.05, 4.69) is 5.32 Å². The van der Waals surface area contributed by atoms with Crippen LogP contribution in [0.15, 0.2) is 48.5 Å². The molecule has 0 aliphatic carbocycles. The quantitative estimate of drug-likeness (QED) is 0.859. The number of aliphatic hydroxyl groups is 1. The van der Waals surface area contributed by atoms with Gasteiger partial charge in [0.2, 0.25) is 0 Å². The van der Waals surface area contributed by atoms with E-state index in [-0.39, 0.29) is 18.2 Å². The van der Waals surface area contributed by atoms with Crippen LogP contribution in [0, 0.1) is 5.82 Å². The maximum Gasteiger partial charge on any atom is 0.169 e. The van der Waals surface area contributed by atoms with Crippen molar-refractivity contribution >= 4 is 0 Å². The summed E-state index contributed by atoms with van der Waals surface area (Å²) in [6, 6.07) is 14.7. The van der Waals surface area contributed by atoms with Gasteiger partial charge in [-0.1, -0.05) is 42.5 Å². The largest absolute Gasteiger partial charge is 0.494 e. The van der Waals surface area contributed by atoms with Gasteiger partial charge < -0.3 is 15.2 Å². The molecule has 1 unspecified atom stereocenters. The molecule has 112 valence electrons. The summed E-state index contributed by atoms with van der Waals surface area (Å²) in [5.74, 6) is -0.152. The molecule has 0 aliphatic rings. The molecule has 2 aromatic carbocycles. The fraction of sp³-hybridized carbons (Fsp3) is 0.294. The molecule has 0 spiro atoms. The summed E-state index contributed by atoms with van der Waals surface area (Å²) in [4.78, 5) is 0. The van der Waals surface area contributed by atoms with E-state index < -0.39 is 5.54 Å². The Morgan fingerprint density at radius 2 is 1.86 bits per heavy atom. The van der Waals surface area contributed by atoms with Gasteiger partial charge in [0, 0.05) is 12.1 Å². The highest BCUT2D eigenvalue weighted by Gasteiger charge is 2.25. The molecule has 0 heterocycles. The number of ether oxygens (including phenoxy) is 1. The lowest BCUT2D eigenvalue weighted by Gasteiger charge is -2.29. The van der Waals surface area contributed by atoms with Gasteiger partial charge in [-0.3, -0.25) is 0 Å². The van der Waals surface area contributed by atoms with Crippen molar-refractivity contribution in [1.82, 2.24) is 5.32 Å².